The Labute approximate surface area is 174 Å². The van der Waals surface area contributed by atoms with Crippen LogP contribution in [0.3, 0.4) is 0 Å². The summed E-state index contributed by atoms with van der Waals surface area (Å²) in [5.41, 5.74) is 2.22. The summed E-state index contributed by atoms with van der Waals surface area (Å²) < 4.78 is 0. The van der Waals surface area contributed by atoms with E-state index in [1.807, 2.05) is 18.2 Å². The molecule has 5 rings (SSSR count). The number of amides is 1. The minimum absolute atomic E-state index is 0.126. The first-order chi connectivity index (χ1) is 14.7. The van der Waals surface area contributed by atoms with Crippen molar-refractivity contribution in [3.8, 4) is 16.5 Å². The zero-order chi connectivity index (χ0) is 20.5. The highest BCUT2D eigenvalue weighted by atomic mass is 32.1. The molecule has 0 bridgehead atoms. The molecule has 0 spiro atoms. The van der Waals surface area contributed by atoms with Gasteiger partial charge in [-0.3, -0.25) is 9.78 Å². The third-order valence-electron chi connectivity index (χ3n) is 4.79. The van der Waals surface area contributed by atoms with Crippen LogP contribution in [0.1, 0.15) is 33.3 Å². The predicted molar refractivity (Wildman–Crippen MR) is 110 cm³/mol. The van der Waals surface area contributed by atoms with Crippen molar-refractivity contribution in [3.05, 3.63) is 76.9 Å². The van der Waals surface area contributed by atoms with Crippen molar-refractivity contribution in [1.29, 1.82) is 0 Å². The predicted octanol–water partition coefficient (Wildman–Crippen LogP) is 3.02. The Bertz CT molecular complexity index is 1220. The molecule has 1 atom stereocenters. The van der Waals surface area contributed by atoms with Crippen LogP contribution in [0.5, 0.6) is 5.75 Å². The van der Waals surface area contributed by atoms with E-state index in [0.717, 1.165) is 16.2 Å². The molecule has 0 radical (unpaired) electrons. The molecule has 9 nitrogen and oxygen atoms in total. The van der Waals surface area contributed by atoms with Crippen LogP contribution in [-0.2, 0) is 0 Å². The Balaban J connectivity index is 1.52. The Hall–Kier alpha value is -3.92. The molecule has 0 fully saturated rings. The van der Waals surface area contributed by atoms with Crippen molar-refractivity contribution in [2.45, 2.75) is 12.5 Å². The smallest absolute Gasteiger partial charge is 0.284 e. The number of aromatic hydroxyl groups is 1. The summed E-state index contributed by atoms with van der Waals surface area (Å²) in [6.07, 6.45) is 3.87. The number of tetrazole rings is 1. The average molecular weight is 417 g/mol. The van der Waals surface area contributed by atoms with Crippen molar-refractivity contribution < 1.29 is 9.90 Å². The number of nitrogens with one attached hydrogen (secondary N) is 1. The van der Waals surface area contributed by atoms with Gasteiger partial charge in [-0.05, 0) is 29.5 Å². The number of benzene rings is 1. The number of phenols is 1. The van der Waals surface area contributed by atoms with Crippen LogP contribution in [0.4, 0.5) is 0 Å². The summed E-state index contributed by atoms with van der Waals surface area (Å²) in [5, 5.41) is 30.3. The number of nitrogens with zero attached hydrogens (tertiary/aromatic N) is 6. The summed E-state index contributed by atoms with van der Waals surface area (Å²) in [5.74, 6) is 0.292. The number of aromatic amines is 1. The summed E-state index contributed by atoms with van der Waals surface area (Å²) >= 11 is 1.26. The fourth-order valence-electron chi connectivity index (χ4n) is 3.37. The van der Waals surface area contributed by atoms with Crippen LogP contribution in [0.15, 0.2) is 66.0 Å². The lowest BCUT2D eigenvalue weighted by Crippen LogP contribution is -2.26. The molecular weight excluding hydrogens is 402 g/mol. The number of para-hydroxylation sites is 1. The molecule has 4 aromatic rings. The maximum atomic E-state index is 13.4. The number of carbonyl (C=O) groups excluding carboxylic acids is 1. The van der Waals surface area contributed by atoms with Gasteiger partial charge in [0, 0.05) is 29.9 Å². The molecule has 0 aliphatic carbocycles. The largest absolute Gasteiger partial charge is 0.508 e. The first-order valence-corrected chi connectivity index (χ1v) is 9.95. The van der Waals surface area contributed by atoms with Gasteiger partial charge in [-0.15, -0.1) is 21.5 Å². The molecule has 3 aromatic heterocycles. The van der Waals surface area contributed by atoms with Crippen LogP contribution in [-0.4, -0.2) is 47.3 Å². The molecule has 1 aliphatic rings. The van der Waals surface area contributed by atoms with Crippen LogP contribution >= 0.6 is 11.3 Å². The van der Waals surface area contributed by atoms with Crippen molar-refractivity contribution in [2.75, 3.05) is 0 Å². The third-order valence-corrected chi connectivity index (χ3v) is 5.86. The number of phenolic OH excluding ortho intramolecular Hbond substituents is 1. The van der Waals surface area contributed by atoms with E-state index in [1.54, 1.807) is 42.7 Å². The van der Waals surface area contributed by atoms with E-state index in [1.165, 1.54) is 16.3 Å². The number of hydrazone groups is 1. The van der Waals surface area contributed by atoms with Crippen molar-refractivity contribution >= 4 is 23.0 Å². The molecule has 1 amide bonds. The molecule has 0 saturated heterocycles. The molecule has 4 heterocycles. The summed E-state index contributed by atoms with van der Waals surface area (Å²) in [4.78, 5) is 18.7. The van der Waals surface area contributed by atoms with Gasteiger partial charge in [0.25, 0.3) is 5.91 Å². The lowest BCUT2D eigenvalue weighted by Gasteiger charge is -2.22. The van der Waals surface area contributed by atoms with Gasteiger partial charge in [0.15, 0.2) is 0 Å². The van der Waals surface area contributed by atoms with Gasteiger partial charge in [0.2, 0.25) is 5.82 Å². The maximum Gasteiger partial charge on any atom is 0.284 e. The molecule has 0 saturated carbocycles. The van der Waals surface area contributed by atoms with Gasteiger partial charge in [-0.2, -0.15) is 10.3 Å². The van der Waals surface area contributed by atoms with E-state index in [9.17, 15) is 9.90 Å². The van der Waals surface area contributed by atoms with Crippen molar-refractivity contribution in [2.24, 2.45) is 5.10 Å². The Morgan fingerprint density at radius 1 is 1.17 bits per heavy atom. The zero-order valence-electron chi connectivity index (χ0n) is 15.5. The highest BCUT2D eigenvalue weighted by Gasteiger charge is 2.35. The molecule has 148 valence electrons. The van der Waals surface area contributed by atoms with Crippen LogP contribution in [0.25, 0.3) is 10.7 Å². The third kappa shape index (κ3) is 3.22. The van der Waals surface area contributed by atoms with E-state index in [-0.39, 0.29) is 11.7 Å². The minimum Gasteiger partial charge on any atom is -0.508 e. The molecular formula is C20H15N7O2S. The van der Waals surface area contributed by atoms with Gasteiger partial charge < -0.3 is 5.11 Å². The monoisotopic (exact) mass is 417 g/mol. The first kappa shape index (κ1) is 18.1. The standard InChI is InChI=1S/C20H15N7O2S/c28-16-6-2-1-5-13(16)15-10-14(12-4-3-9-21-11-12)24-27(15)20(29)18-8-7-17(30-18)19-22-25-26-23-19/h1-9,11,15,28H,10H2,(H,22,23,25,26). The van der Waals surface area contributed by atoms with Gasteiger partial charge >= 0.3 is 0 Å². The van der Waals surface area contributed by atoms with Gasteiger partial charge in [0.05, 0.1) is 21.5 Å². The second-order valence-corrected chi connectivity index (χ2v) is 7.70. The number of hydrogen-bond donors (Lipinski definition) is 2. The van der Waals surface area contributed by atoms with Crippen LogP contribution in [0, 0.1) is 0 Å². The molecule has 1 aliphatic heterocycles. The summed E-state index contributed by atoms with van der Waals surface area (Å²) in [6, 6.07) is 13.8. The fourth-order valence-corrected chi connectivity index (χ4v) is 4.24. The first-order valence-electron chi connectivity index (χ1n) is 9.13. The Kier molecular flexibility index (Phi) is 4.52. The summed E-state index contributed by atoms with van der Waals surface area (Å²) in [7, 11) is 0. The van der Waals surface area contributed by atoms with Crippen LogP contribution in [0.2, 0.25) is 0 Å². The SMILES string of the molecule is O=C(c1ccc(-c2nn[nH]n2)s1)N1N=C(c2cccnc2)CC1c1ccccc1O. The highest BCUT2D eigenvalue weighted by Crippen LogP contribution is 2.38. The topological polar surface area (TPSA) is 120 Å². The molecule has 30 heavy (non-hydrogen) atoms. The number of rotatable bonds is 4. The Morgan fingerprint density at radius 2 is 2.07 bits per heavy atom. The molecule has 10 heteroatoms. The number of H-pyrrole nitrogens is 1. The van der Waals surface area contributed by atoms with E-state index < -0.39 is 6.04 Å². The highest BCUT2D eigenvalue weighted by molar-refractivity contribution is 7.17. The number of hydrogen-bond acceptors (Lipinski definition) is 8. The maximum absolute atomic E-state index is 13.4. The van der Waals surface area contributed by atoms with E-state index in [4.69, 9.17) is 0 Å². The van der Waals surface area contributed by atoms with Gasteiger partial charge in [-0.25, -0.2) is 5.01 Å². The number of aromatic nitrogens is 5. The van der Waals surface area contributed by atoms with E-state index >= 15 is 0 Å². The van der Waals surface area contributed by atoms with Gasteiger partial charge in [0.1, 0.15) is 5.75 Å². The van der Waals surface area contributed by atoms with Gasteiger partial charge in [-0.1, -0.05) is 24.3 Å². The van der Waals surface area contributed by atoms with Crippen molar-refractivity contribution in [1.82, 2.24) is 30.6 Å². The second kappa shape index (κ2) is 7.48. The van der Waals surface area contributed by atoms with E-state index in [0.29, 0.717) is 22.7 Å². The minimum atomic E-state index is -0.426. The second-order valence-electron chi connectivity index (χ2n) is 6.62. The quantitative estimate of drug-likeness (QED) is 0.527. The lowest BCUT2D eigenvalue weighted by atomic mass is 9.98. The summed E-state index contributed by atoms with van der Waals surface area (Å²) in [6.45, 7) is 0. The molecule has 1 aromatic carbocycles. The average Bonchev–Trinajstić information content (AvgIpc) is 3.54. The number of carbonyl (C=O) groups is 1. The number of thiophene rings is 1. The lowest BCUT2D eigenvalue weighted by molar-refractivity contribution is 0.0714. The zero-order valence-corrected chi connectivity index (χ0v) is 16.3. The van der Waals surface area contributed by atoms with E-state index in [2.05, 4.69) is 30.7 Å². The van der Waals surface area contributed by atoms with Crippen LogP contribution < -0.4 is 0 Å². The normalized spacial score (nSPS) is 15.9. The fraction of sp³-hybridized carbons (Fsp3) is 0.100. The Morgan fingerprint density at radius 3 is 2.83 bits per heavy atom. The number of pyridine rings is 1. The molecule has 1 unspecified atom stereocenters. The van der Waals surface area contributed by atoms with Crippen molar-refractivity contribution in [3.63, 3.8) is 0 Å². The molecule has 2 N–H and O–H groups in total.